The van der Waals surface area contributed by atoms with Crippen LogP contribution in [-0.4, -0.2) is 28.6 Å². The first-order valence-electron chi connectivity index (χ1n) is 5.31. The number of primary amides is 1. The summed E-state index contributed by atoms with van der Waals surface area (Å²) in [6.45, 7) is 2.47. The molecule has 1 aromatic heterocycles. The molecule has 1 atom stereocenters. The average molecular weight is 223 g/mol. The van der Waals surface area contributed by atoms with Gasteiger partial charge in [0.2, 0.25) is 0 Å². The smallest absolute Gasteiger partial charge is 0.267 e. The van der Waals surface area contributed by atoms with Crippen molar-refractivity contribution < 1.29 is 9.90 Å². The molecule has 1 unspecified atom stereocenters. The fraction of sp³-hybridized carbons (Fsp3) is 0.455. The quantitative estimate of drug-likeness (QED) is 0.664. The second kappa shape index (κ2) is 6.07. The van der Waals surface area contributed by atoms with Crippen molar-refractivity contribution in [2.45, 2.75) is 25.9 Å². The summed E-state index contributed by atoms with van der Waals surface area (Å²) in [6, 6.07) is 3.30. The minimum Gasteiger partial charge on any atom is -0.391 e. The summed E-state index contributed by atoms with van der Waals surface area (Å²) in [7, 11) is 0. The summed E-state index contributed by atoms with van der Waals surface area (Å²) in [6.07, 6.45) is 2.82. The molecule has 0 aliphatic carbocycles. The number of hydrogen-bond donors (Lipinski definition) is 3. The van der Waals surface area contributed by atoms with E-state index in [2.05, 4.69) is 10.3 Å². The van der Waals surface area contributed by atoms with Gasteiger partial charge in [-0.15, -0.1) is 0 Å². The zero-order chi connectivity index (χ0) is 12.0. The molecule has 0 radical (unpaired) electrons. The van der Waals surface area contributed by atoms with Crippen LogP contribution in [0.1, 0.15) is 30.3 Å². The molecule has 5 heteroatoms. The van der Waals surface area contributed by atoms with Gasteiger partial charge in [-0.25, -0.2) is 0 Å². The number of nitrogens with one attached hydrogen (secondary N) is 1. The van der Waals surface area contributed by atoms with Gasteiger partial charge >= 0.3 is 0 Å². The standard InChI is InChI=1S/C11H17N3O2/c1-2-3-9(15)7-14-8-4-5-13-10(6-8)11(12)16/h4-6,9,15H,2-3,7H2,1H3,(H2,12,16)(H,13,14). The first kappa shape index (κ1) is 12.4. The van der Waals surface area contributed by atoms with Crippen molar-refractivity contribution in [3.05, 3.63) is 24.0 Å². The zero-order valence-electron chi connectivity index (χ0n) is 9.31. The molecule has 0 aliphatic rings. The summed E-state index contributed by atoms with van der Waals surface area (Å²) in [4.78, 5) is 14.7. The summed E-state index contributed by atoms with van der Waals surface area (Å²) >= 11 is 0. The first-order valence-corrected chi connectivity index (χ1v) is 5.31. The number of rotatable bonds is 6. The SMILES string of the molecule is CCCC(O)CNc1ccnc(C(N)=O)c1. The van der Waals surface area contributed by atoms with Crippen LogP contribution >= 0.6 is 0 Å². The number of hydrogen-bond acceptors (Lipinski definition) is 4. The highest BCUT2D eigenvalue weighted by Crippen LogP contribution is 2.08. The maximum Gasteiger partial charge on any atom is 0.267 e. The lowest BCUT2D eigenvalue weighted by Crippen LogP contribution is -2.19. The van der Waals surface area contributed by atoms with Gasteiger partial charge in [0.1, 0.15) is 5.69 Å². The maximum atomic E-state index is 10.9. The summed E-state index contributed by atoms with van der Waals surface area (Å²) in [5, 5.41) is 12.5. The van der Waals surface area contributed by atoms with Crippen LogP contribution in [0, 0.1) is 0 Å². The predicted octanol–water partition coefficient (Wildman–Crippen LogP) is 0.753. The third kappa shape index (κ3) is 3.86. The molecular formula is C11H17N3O2. The van der Waals surface area contributed by atoms with Gasteiger partial charge in [0, 0.05) is 18.4 Å². The van der Waals surface area contributed by atoms with Gasteiger partial charge in [0.25, 0.3) is 5.91 Å². The van der Waals surface area contributed by atoms with Gasteiger partial charge in [-0.1, -0.05) is 13.3 Å². The summed E-state index contributed by atoms with van der Waals surface area (Å²) in [5.41, 5.74) is 6.06. The molecule has 4 N–H and O–H groups in total. The number of aliphatic hydroxyl groups is 1. The number of nitrogens with zero attached hydrogens (tertiary/aromatic N) is 1. The molecule has 0 spiro atoms. The largest absolute Gasteiger partial charge is 0.391 e. The van der Waals surface area contributed by atoms with Crippen molar-refractivity contribution >= 4 is 11.6 Å². The van der Waals surface area contributed by atoms with E-state index in [1.54, 1.807) is 12.1 Å². The predicted molar refractivity (Wildman–Crippen MR) is 62.2 cm³/mol. The van der Waals surface area contributed by atoms with Gasteiger partial charge in [-0.2, -0.15) is 0 Å². The molecule has 0 saturated heterocycles. The molecule has 0 saturated carbocycles. The molecule has 1 aromatic rings. The van der Waals surface area contributed by atoms with Crippen LogP contribution in [0.15, 0.2) is 18.3 Å². The van der Waals surface area contributed by atoms with Crippen molar-refractivity contribution in [1.29, 1.82) is 0 Å². The van der Waals surface area contributed by atoms with E-state index < -0.39 is 5.91 Å². The maximum absolute atomic E-state index is 10.9. The Balaban J connectivity index is 2.54. The highest BCUT2D eigenvalue weighted by atomic mass is 16.3. The highest BCUT2D eigenvalue weighted by Gasteiger charge is 2.05. The van der Waals surface area contributed by atoms with Gasteiger partial charge in [0.15, 0.2) is 0 Å². The number of nitrogens with two attached hydrogens (primary N) is 1. The second-order valence-corrected chi connectivity index (χ2v) is 3.62. The molecule has 5 nitrogen and oxygen atoms in total. The van der Waals surface area contributed by atoms with Crippen molar-refractivity contribution in [3.8, 4) is 0 Å². The molecule has 1 heterocycles. The van der Waals surface area contributed by atoms with E-state index in [1.165, 1.54) is 6.20 Å². The summed E-state index contributed by atoms with van der Waals surface area (Å²) in [5.74, 6) is -0.558. The molecule has 88 valence electrons. The van der Waals surface area contributed by atoms with Gasteiger partial charge in [0.05, 0.1) is 6.10 Å². The Morgan fingerprint density at radius 1 is 1.69 bits per heavy atom. The molecule has 0 aliphatic heterocycles. The lowest BCUT2D eigenvalue weighted by molar-refractivity contribution is 0.0995. The van der Waals surface area contributed by atoms with Gasteiger partial charge < -0.3 is 16.2 Å². The minimum atomic E-state index is -0.558. The van der Waals surface area contributed by atoms with Crippen molar-refractivity contribution in [3.63, 3.8) is 0 Å². The molecular weight excluding hydrogens is 206 g/mol. The molecule has 0 fully saturated rings. The Labute approximate surface area is 94.7 Å². The number of carbonyl (C=O) groups is 1. The van der Waals surface area contributed by atoms with E-state index in [-0.39, 0.29) is 11.8 Å². The number of carbonyl (C=O) groups excluding carboxylic acids is 1. The molecule has 1 amide bonds. The van der Waals surface area contributed by atoms with E-state index in [0.717, 1.165) is 18.5 Å². The lowest BCUT2D eigenvalue weighted by atomic mass is 10.2. The highest BCUT2D eigenvalue weighted by molar-refractivity contribution is 5.91. The normalized spacial score (nSPS) is 12.1. The lowest BCUT2D eigenvalue weighted by Gasteiger charge is -2.11. The number of amides is 1. The summed E-state index contributed by atoms with van der Waals surface area (Å²) < 4.78 is 0. The Bertz CT molecular complexity index is 355. The third-order valence-corrected chi connectivity index (χ3v) is 2.18. The fourth-order valence-electron chi connectivity index (χ4n) is 1.35. The molecule has 1 rings (SSSR count). The number of aromatic nitrogens is 1. The van der Waals surface area contributed by atoms with Crippen LogP contribution in [0.5, 0.6) is 0 Å². The second-order valence-electron chi connectivity index (χ2n) is 3.62. The van der Waals surface area contributed by atoms with Crippen molar-refractivity contribution in [1.82, 2.24) is 4.98 Å². The van der Waals surface area contributed by atoms with Crippen LogP contribution in [0.2, 0.25) is 0 Å². The topological polar surface area (TPSA) is 88.2 Å². The van der Waals surface area contributed by atoms with E-state index in [9.17, 15) is 9.90 Å². The third-order valence-electron chi connectivity index (χ3n) is 2.18. The molecule has 0 aromatic carbocycles. The van der Waals surface area contributed by atoms with E-state index >= 15 is 0 Å². The Morgan fingerprint density at radius 3 is 3.06 bits per heavy atom. The molecule has 0 bridgehead atoms. The van der Waals surface area contributed by atoms with E-state index in [4.69, 9.17) is 5.73 Å². The van der Waals surface area contributed by atoms with Crippen LogP contribution in [0.25, 0.3) is 0 Å². The van der Waals surface area contributed by atoms with Crippen LogP contribution < -0.4 is 11.1 Å². The van der Waals surface area contributed by atoms with Crippen LogP contribution in [0.3, 0.4) is 0 Å². The molecule has 16 heavy (non-hydrogen) atoms. The monoisotopic (exact) mass is 223 g/mol. The number of pyridine rings is 1. The Kier molecular flexibility index (Phi) is 4.72. The van der Waals surface area contributed by atoms with E-state index in [1.807, 2.05) is 6.92 Å². The fourth-order valence-corrected chi connectivity index (χ4v) is 1.35. The minimum absolute atomic E-state index is 0.218. The van der Waals surface area contributed by atoms with Gasteiger partial charge in [-0.3, -0.25) is 9.78 Å². The van der Waals surface area contributed by atoms with E-state index in [0.29, 0.717) is 6.54 Å². The van der Waals surface area contributed by atoms with Crippen molar-refractivity contribution in [2.75, 3.05) is 11.9 Å². The zero-order valence-corrected chi connectivity index (χ0v) is 9.31. The van der Waals surface area contributed by atoms with Crippen LogP contribution in [0.4, 0.5) is 5.69 Å². The first-order chi connectivity index (χ1) is 7.63. The Morgan fingerprint density at radius 2 is 2.44 bits per heavy atom. The van der Waals surface area contributed by atoms with Gasteiger partial charge in [-0.05, 0) is 18.6 Å². The van der Waals surface area contributed by atoms with Crippen LogP contribution in [-0.2, 0) is 0 Å². The van der Waals surface area contributed by atoms with Crippen molar-refractivity contribution in [2.24, 2.45) is 5.73 Å². The average Bonchev–Trinajstić information content (AvgIpc) is 2.27. The Hall–Kier alpha value is -1.62. The number of anilines is 1. The number of aliphatic hydroxyl groups excluding tert-OH is 1.